The Balaban J connectivity index is 2.10. The molecular weight excluding hydrogens is 365 g/mol. The number of amides is 1. The van der Waals surface area contributed by atoms with Gasteiger partial charge in [-0.3, -0.25) is 14.9 Å². The molecule has 2 heterocycles. The van der Waals surface area contributed by atoms with Gasteiger partial charge in [-0.05, 0) is 18.2 Å². The third kappa shape index (κ3) is 2.76. The van der Waals surface area contributed by atoms with Gasteiger partial charge in [0.25, 0.3) is 0 Å². The highest BCUT2D eigenvalue weighted by Crippen LogP contribution is 2.31. The molecule has 0 fully saturated rings. The van der Waals surface area contributed by atoms with E-state index in [9.17, 15) is 14.9 Å². The molecule has 3 aromatic rings. The van der Waals surface area contributed by atoms with Crippen molar-refractivity contribution in [1.29, 1.82) is 0 Å². The monoisotopic (exact) mass is 371 g/mol. The third-order valence-corrected chi connectivity index (χ3v) is 4.93. The fourth-order valence-corrected chi connectivity index (χ4v) is 3.49. The molecular formula is C13H7Cl2N3O4S. The number of carbonyl (C=O) groups excluding carboxylic acids is 1. The van der Waals surface area contributed by atoms with E-state index in [1.807, 2.05) is 0 Å². The molecule has 0 N–H and O–H groups in total. The van der Waals surface area contributed by atoms with Crippen LogP contribution in [-0.4, -0.2) is 15.4 Å². The second-order valence-electron chi connectivity index (χ2n) is 4.46. The summed E-state index contributed by atoms with van der Waals surface area (Å²) >= 11 is 13.4. The van der Waals surface area contributed by atoms with Crippen molar-refractivity contribution in [2.24, 2.45) is 12.0 Å². The van der Waals surface area contributed by atoms with Gasteiger partial charge in [0.05, 0.1) is 26.3 Å². The van der Waals surface area contributed by atoms with E-state index in [4.69, 9.17) is 27.6 Å². The lowest BCUT2D eigenvalue weighted by Crippen LogP contribution is -2.13. The Hall–Kier alpha value is -2.16. The van der Waals surface area contributed by atoms with Crippen molar-refractivity contribution in [1.82, 2.24) is 4.57 Å². The Kier molecular flexibility index (Phi) is 3.97. The number of benzene rings is 1. The van der Waals surface area contributed by atoms with Crippen molar-refractivity contribution in [3.05, 3.63) is 55.0 Å². The minimum atomic E-state index is -0.724. The van der Waals surface area contributed by atoms with Crippen LogP contribution in [-0.2, 0) is 7.05 Å². The highest BCUT2D eigenvalue weighted by atomic mass is 35.5. The van der Waals surface area contributed by atoms with Gasteiger partial charge >= 0.3 is 11.8 Å². The molecule has 1 amide bonds. The van der Waals surface area contributed by atoms with E-state index in [1.165, 1.54) is 17.4 Å². The lowest BCUT2D eigenvalue weighted by atomic mass is 10.3. The maximum atomic E-state index is 12.1. The van der Waals surface area contributed by atoms with Gasteiger partial charge in [-0.25, -0.2) is 0 Å². The van der Waals surface area contributed by atoms with E-state index in [1.54, 1.807) is 23.7 Å². The van der Waals surface area contributed by atoms with Crippen LogP contribution in [0.1, 0.15) is 10.6 Å². The number of nitro groups is 1. The zero-order chi connectivity index (χ0) is 16.7. The summed E-state index contributed by atoms with van der Waals surface area (Å²) in [6.07, 6.45) is 0. The molecule has 118 valence electrons. The Morgan fingerprint density at radius 1 is 1.35 bits per heavy atom. The Morgan fingerprint density at radius 3 is 2.74 bits per heavy atom. The van der Waals surface area contributed by atoms with Gasteiger partial charge in [-0.1, -0.05) is 34.5 Å². The zero-order valence-corrected chi connectivity index (χ0v) is 13.8. The molecule has 0 saturated heterocycles. The van der Waals surface area contributed by atoms with Crippen molar-refractivity contribution in [2.45, 2.75) is 0 Å². The molecule has 0 aliphatic rings. The number of carbonyl (C=O) groups is 1. The first-order valence-electron chi connectivity index (χ1n) is 6.15. The third-order valence-electron chi connectivity index (χ3n) is 3.04. The Morgan fingerprint density at radius 2 is 2.09 bits per heavy atom. The molecule has 2 aromatic heterocycles. The van der Waals surface area contributed by atoms with Crippen molar-refractivity contribution in [3.8, 4) is 0 Å². The second kappa shape index (κ2) is 5.80. The van der Waals surface area contributed by atoms with Crippen LogP contribution >= 0.6 is 34.5 Å². The van der Waals surface area contributed by atoms with Gasteiger partial charge in [-0.15, -0.1) is 0 Å². The number of hydrogen-bond donors (Lipinski definition) is 0. The summed E-state index contributed by atoms with van der Waals surface area (Å²) in [4.78, 5) is 26.2. The molecule has 1 aromatic carbocycles. The summed E-state index contributed by atoms with van der Waals surface area (Å²) in [6, 6.07) is 5.74. The number of halogens is 2. The first kappa shape index (κ1) is 15.7. The van der Waals surface area contributed by atoms with E-state index in [-0.39, 0.29) is 5.76 Å². The van der Waals surface area contributed by atoms with E-state index >= 15 is 0 Å². The smallest absolute Gasteiger partial charge is 0.395 e. The largest absolute Gasteiger partial charge is 0.433 e. The van der Waals surface area contributed by atoms with Crippen LogP contribution in [0.2, 0.25) is 10.0 Å². The van der Waals surface area contributed by atoms with Gasteiger partial charge in [0.2, 0.25) is 5.76 Å². The minimum Gasteiger partial charge on any atom is -0.395 e. The highest BCUT2D eigenvalue weighted by molar-refractivity contribution is 7.16. The molecule has 0 atom stereocenters. The van der Waals surface area contributed by atoms with Crippen molar-refractivity contribution < 1.29 is 14.1 Å². The van der Waals surface area contributed by atoms with E-state index in [2.05, 4.69) is 4.99 Å². The highest BCUT2D eigenvalue weighted by Gasteiger charge is 2.17. The summed E-state index contributed by atoms with van der Waals surface area (Å²) in [7, 11) is 1.69. The summed E-state index contributed by atoms with van der Waals surface area (Å²) in [5, 5.41) is 11.3. The molecule has 7 nitrogen and oxygen atoms in total. The van der Waals surface area contributed by atoms with E-state index < -0.39 is 16.7 Å². The number of aromatic nitrogens is 1. The number of nitrogens with zero attached hydrogens (tertiary/aromatic N) is 3. The maximum absolute atomic E-state index is 12.1. The number of thiazole rings is 1. The van der Waals surface area contributed by atoms with Crippen LogP contribution in [0.5, 0.6) is 0 Å². The zero-order valence-electron chi connectivity index (χ0n) is 11.4. The first-order chi connectivity index (χ1) is 10.9. The molecule has 3 rings (SSSR count). The minimum absolute atomic E-state index is 0.210. The number of fused-ring (bicyclic) bond motifs is 1. The molecule has 0 bridgehead atoms. The normalized spacial score (nSPS) is 12.0. The number of rotatable bonds is 2. The van der Waals surface area contributed by atoms with Gasteiger partial charge < -0.3 is 8.98 Å². The molecule has 0 aliphatic heterocycles. The van der Waals surface area contributed by atoms with E-state index in [0.29, 0.717) is 20.4 Å². The van der Waals surface area contributed by atoms with Crippen molar-refractivity contribution in [3.63, 3.8) is 0 Å². The predicted octanol–water partition coefficient (Wildman–Crippen LogP) is 3.79. The topological polar surface area (TPSA) is 90.6 Å². The molecule has 10 heteroatoms. The average Bonchev–Trinajstić information content (AvgIpc) is 3.10. The maximum Gasteiger partial charge on any atom is 0.433 e. The first-order valence-corrected chi connectivity index (χ1v) is 7.72. The van der Waals surface area contributed by atoms with Crippen LogP contribution < -0.4 is 4.80 Å². The Labute approximate surface area is 142 Å². The Bertz CT molecular complexity index is 1020. The molecule has 0 spiro atoms. The van der Waals surface area contributed by atoms with Crippen LogP contribution in [0.25, 0.3) is 10.2 Å². The summed E-state index contributed by atoms with van der Waals surface area (Å²) in [5.74, 6) is -1.44. The van der Waals surface area contributed by atoms with Crippen LogP contribution in [0, 0.1) is 10.1 Å². The number of aryl methyl sites for hydroxylation is 1. The van der Waals surface area contributed by atoms with Crippen molar-refractivity contribution in [2.75, 3.05) is 0 Å². The summed E-state index contributed by atoms with van der Waals surface area (Å²) in [6.45, 7) is 0. The standard InChI is InChI=1S/C13H7Cl2N3O4S/c1-17-11-8(4-2-6(14)10(11)15)23-13(17)16-12(19)7-3-5-9(22-7)18(20)21/h2-5H,1H3. The fourth-order valence-electron chi connectivity index (χ4n) is 1.96. The van der Waals surface area contributed by atoms with Crippen LogP contribution in [0.15, 0.2) is 33.7 Å². The van der Waals surface area contributed by atoms with Gasteiger partial charge in [-0.2, -0.15) is 4.99 Å². The van der Waals surface area contributed by atoms with Gasteiger partial charge in [0, 0.05) is 7.05 Å². The van der Waals surface area contributed by atoms with Crippen LogP contribution in [0.3, 0.4) is 0 Å². The van der Waals surface area contributed by atoms with Gasteiger partial charge in [0.1, 0.15) is 4.92 Å². The van der Waals surface area contributed by atoms with Crippen molar-refractivity contribution >= 4 is 56.5 Å². The average molecular weight is 372 g/mol. The fraction of sp³-hybridized carbons (Fsp3) is 0.0769. The number of furan rings is 1. The summed E-state index contributed by atoms with van der Waals surface area (Å²) in [5.41, 5.74) is 0.654. The number of hydrogen-bond acceptors (Lipinski definition) is 5. The molecule has 0 radical (unpaired) electrons. The quantitative estimate of drug-likeness (QED) is 0.506. The second-order valence-corrected chi connectivity index (χ2v) is 6.26. The van der Waals surface area contributed by atoms with Crippen LogP contribution in [0.4, 0.5) is 5.88 Å². The predicted molar refractivity (Wildman–Crippen MR) is 86.1 cm³/mol. The summed E-state index contributed by atoms with van der Waals surface area (Å²) < 4.78 is 7.27. The molecule has 0 aliphatic carbocycles. The lowest BCUT2D eigenvalue weighted by Gasteiger charge is -1.99. The lowest BCUT2D eigenvalue weighted by molar-refractivity contribution is -0.402. The molecule has 0 saturated carbocycles. The SMILES string of the molecule is Cn1c(=NC(=O)c2ccc([N+](=O)[O-])o2)sc2ccc(Cl)c(Cl)c21. The van der Waals surface area contributed by atoms with Gasteiger partial charge in [0.15, 0.2) is 4.80 Å². The molecule has 0 unspecified atom stereocenters. The van der Waals surface area contributed by atoms with E-state index in [0.717, 1.165) is 10.8 Å². The molecule has 23 heavy (non-hydrogen) atoms.